The predicted molar refractivity (Wildman–Crippen MR) is 70.6 cm³/mol. The Kier molecular flexibility index (Phi) is 4.91. The van der Waals surface area contributed by atoms with Crippen molar-refractivity contribution in [2.24, 2.45) is 0 Å². The Morgan fingerprint density at radius 1 is 1.39 bits per heavy atom. The molecule has 0 aliphatic heterocycles. The topological polar surface area (TPSA) is 57.6 Å². The molecule has 0 atom stereocenters. The van der Waals surface area contributed by atoms with Crippen LogP contribution in [0.1, 0.15) is 18.1 Å². The van der Waals surface area contributed by atoms with Gasteiger partial charge in [-0.15, -0.1) is 0 Å². The molecule has 0 aliphatic rings. The molecule has 1 aromatic carbocycles. The molecule has 0 unspecified atom stereocenters. The minimum atomic E-state index is -3.41. The zero-order valence-electron chi connectivity index (χ0n) is 10.8. The molecule has 0 radical (unpaired) electrons. The van der Waals surface area contributed by atoms with E-state index in [9.17, 15) is 8.42 Å². The number of hydrogen-bond donors (Lipinski definition) is 1. The Morgan fingerprint density at radius 3 is 2.56 bits per heavy atom. The van der Waals surface area contributed by atoms with Gasteiger partial charge in [-0.25, -0.2) is 12.7 Å². The first-order valence-corrected chi connectivity index (χ1v) is 7.04. The zero-order valence-corrected chi connectivity index (χ0v) is 11.6. The molecular formula is C13H17NO3S. The van der Waals surface area contributed by atoms with E-state index in [0.717, 1.165) is 11.1 Å². The largest absolute Gasteiger partial charge is 0.384 e. The summed E-state index contributed by atoms with van der Waals surface area (Å²) >= 11 is 0. The smallest absolute Gasteiger partial charge is 0.242 e. The molecule has 4 nitrogen and oxygen atoms in total. The second-order valence-corrected chi connectivity index (χ2v) is 5.90. The number of rotatable bonds is 3. The van der Waals surface area contributed by atoms with E-state index in [2.05, 4.69) is 11.8 Å². The van der Waals surface area contributed by atoms with Gasteiger partial charge in [-0.3, -0.25) is 0 Å². The van der Waals surface area contributed by atoms with Crippen LogP contribution in [-0.2, 0) is 10.0 Å². The van der Waals surface area contributed by atoms with Crippen molar-refractivity contribution >= 4 is 10.0 Å². The lowest BCUT2D eigenvalue weighted by Crippen LogP contribution is -2.26. The third kappa shape index (κ3) is 3.10. The summed E-state index contributed by atoms with van der Waals surface area (Å²) in [5.74, 6) is 5.32. The fourth-order valence-corrected chi connectivity index (χ4v) is 2.69. The molecule has 1 aromatic rings. The van der Waals surface area contributed by atoms with Crippen molar-refractivity contribution in [1.82, 2.24) is 4.31 Å². The molecule has 0 bridgehead atoms. The molecule has 5 heteroatoms. The lowest BCUT2D eigenvalue weighted by molar-refractivity contribution is 0.350. The van der Waals surface area contributed by atoms with Crippen LogP contribution >= 0.6 is 0 Å². The number of benzene rings is 1. The normalized spacial score (nSPS) is 11.2. The van der Waals surface area contributed by atoms with E-state index in [1.54, 1.807) is 33.0 Å². The Bertz CT molecular complexity index is 582. The average Bonchev–Trinajstić information content (AvgIpc) is 2.36. The van der Waals surface area contributed by atoms with Crippen LogP contribution in [0.2, 0.25) is 0 Å². The molecule has 98 valence electrons. The van der Waals surface area contributed by atoms with E-state index in [1.807, 2.05) is 0 Å². The number of nitrogens with zero attached hydrogens (tertiary/aromatic N) is 1. The molecule has 0 spiro atoms. The summed E-state index contributed by atoms with van der Waals surface area (Å²) in [6.45, 7) is 3.80. The SMILES string of the molecule is CCN(C)S(=O)(=O)c1ccc(C#CCO)c(C)c1. The average molecular weight is 267 g/mol. The first-order valence-electron chi connectivity index (χ1n) is 5.60. The second kappa shape index (κ2) is 6.01. The van der Waals surface area contributed by atoms with Gasteiger partial charge in [0, 0.05) is 19.2 Å². The molecule has 0 saturated heterocycles. The van der Waals surface area contributed by atoms with E-state index in [0.29, 0.717) is 6.54 Å². The molecule has 0 saturated carbocycles. The van der Waals surface area contributed by atoms with Crippen LogP contribution in [0.5, 0.6) is 0 Å². The molecule has 0 aliphatic carbocycles. The number of aliphatic hydroxyl groups is 1. The van der Waals surface area contributed by atoms with Gasteiger partial charge in [0.05, 0.1) is 4.90 Å². The molecule has 0 amide bonds. The number of hydrogen-bond acceptors (Lipinski definition) is 3. The summed E-state index contributed by atoms with van der Waals surface area (Å²) in [4.78, 5) is 0.263. The summed E-state index contributed by atoms with van der Waals surface area (Å²) in [6.07, 6.45) is 0. The van der Waals surface area contributed by atoms with Gasteiger partial charge >= 0.3 is 0 Å². The van der Waals surface area contributed by atoms with E-state index in [1.165, 1.54) is 10.4 Å². The monoisotopic (exact) mass is 267 g/mol. The van der Waals surface area contributed by atoms with Crippen LogP contribution in [0.3, 0.4) is 0 Å². The zero-order chi connectivity index (χ0) is 13.8. The van der Waals surface area contributed by atoms with Crippen LogP contribution < -0.4 is 0 Å². The van der Waals surface area contributed by atoms with E-state index in [4.69, 9.17) is 5.11 Å². The fraction of sp³-hybridized carbons (Fsp3) is 0.385. The highest BCUT2D eigenvalue weighted by atomic mass is 32.2. The van der Waals surface area contributed by atoms with Crippen molar-refractivity contribution in [3.05, 3.63) is 29.3 Å². The van der Waals surface area contributed by atoms with Crippen molar-refractivity contribution in [2.45, 2.75) is 18.7 Å². The highest BCUT2D eigenvalue weighted by molar-refractivity contribution is 7.89. The van der Waals surface area contributed by atoms with Crippen LogP contribution in [-0.4, -0.2) is 38.0 Å². The van der Waals surface area contributed by atoms with Gasteiger partial charge in [0.1, 0.15) is 6.61 Å². The Balaban J connectivity index is 3.20. The van der Waals surface area contributed by atoms with Gasteiger partial charge in [0.2, 0.25) is 10.0 Å². The summed E-state index contributed by atoms with van der Waals surface area (Å²) in [6, 6.07) is 4.80. The summed E-state index contributed by atoms with van der Waals surface area (Å²) < 4.78 is 25.5. The number of aryl methyl sites for hydroxylation is 1. The third-order valence-corrected chi connectivity index (χ3v) is 4.58. The van der Waals surface area contributed by atoms with Crippen molar-refractivity contribution in [3.63, 3.8) is 0 Å². The Morgan fingerprint density at radius 2 is 2.06 bits per heavy atom. The first-order chi connectivity index (χ1) is 8.43. The van der Waals surface area contributed by atoms with Gasteiger partial charge in [-0.2, -0.15) is 0 Å². The number of aliphatic hydroxyl groups excluding tert-OH is 1. The molecule has 0 fully saturated rings. The van der Waals surface area contributed by atoms with Gasteiger partial charge < -0.3 is 5.11 Å². The van der Waals surface area contributed by atoms with Crippen LogP contribution in [0.4, 0.5) is 0 Å². The minimum absolute atomic E-state index is 0.210. The lowest BCUT2D eigenvalue weighted by atomic mass is 10.1. The summed E-state index contributed by atoms with van der Waals surface area (Å²) in [5, 5.41) is 8.63. The van der Waals surface area contributed by atoms with Crippen LogP contribution in [0, 0.1) is 18.8 Å². The van der Waals surface area contributed by atoms with Crippen molar-refractivity contribution < 1.29 is 13.5 Å². The summed E-state index contributed by atoms with van der Waals surface area (Å²) in [5.41, 5.74) is 1.50. The highest BCUT2D eigenvalue weighted by Crippen LogP contribution is 2.17. The molecule has 18 heavy (non-hydrogen) atoms. The van der Waals surface area contributed by atoms with Gasteiger partial charge in [-0.1, -0.05) is 18.8 Å². The van der Waals surface area contributed by atoms with E-state index < -0.39 is 10.0 Å². The molecule has 0 aromatic heterocycles. The Labute approximate surface area is 108 Å². The lowest BCUT2D eigenvalue weighted by Gasteiger charge is -2.15. The molecular weight excluding hydrogens is 250 g/mol. The van der Waals surface area contributed by atoms with Gasteiger partial charge in [0.25, 0.3) is 0 Å². The maximum atomic E-state index is 12.1. The van der Waals surface area contributed by atoms with Gasteiger partial charge in [0.15, 0.2) is 0 Å². The van der Waals surface area contributed by atoms with E-state index >= 15 is 0 Å². The Hall–Kier alpha value is -1.35. The molecule has 1 rings (SSSR count). The number of sulfonamides is 1. The molecule has 1 N–H and O–H groups in total. The van der Waals surface area contributed by atoms with Gasteiger partial charge in [-0.05, 0) is 30.7 Å². The van der Waals surface area contributed by atoms with Crippen LogP contribution in [0.15, 0.2) is 23.1 Å². The second-order valence-electron chi connectivity index (χ2n) is 3.86. The predicted octanol–water partition coefficient (Wildman–Crippen LogP) is 0.979. The van der Waals surface area contributed by atoms with Crippen LogP contribution in [0.25, 0.3) is 0 Å². The fourth-order valence-electron chi connectivity index (χ4n) is 1.42. The minimum Gasteiger partial charge on any atom is -0.384 e. The summed E-state index contributed by atoms with van der Waals surface area (Å²) in [7, 11) is -1.87. The van der Waals surface area contributed by atoms with Crippen molar-refractivity contribution in [1.29, 1.82) is 0 Å². The van der Waals surface area contributed by atoms with E-state index in [-0.39, 0.29) is 11.5 Å². The quantitative estimate of drug-likeness (QED) is 0.831. The molecule has 0 heterocycles. The standard InChI is InChI=1S/C13H17NO3S/c1-4-14(3)18(16,17)13-8-7-12(6-5-9-15)11(2)10-13/h7-8,10,15H,4,9H2,1-3H3. The highest BCUT2D eigenvalue weighted by Gasteiger charge is 2.19. The van der Waals surface area contributed by atoms with Crippen molar-refractivity contribution in [2.75, 3.05) is 20.2 Å². The maximum absolute atomic E-state index is 12.1. The maximum Gasteiger partial charge on any atom is 0.242 e. The van der Waals surface area contributed by atoms with Crippen molar-refractivity contribution in [3.8, 4) is 11.8 Å². The first kappa shape index (κ1) is 14.7. The third-order valence-electron chi connectivity index (χ3n) is 2.65.